The van der Waals surface area contributed by atoms with E-state index in [4.69, 9.17) is 0 Å². The molecule has 2 nitrogen and oxygen atoms in total. The standard InChI is InChI=1S/C18H30N2/c1-4-12-19-17(15-16-10-6-5-7-11-16)18(2,3)20-13-8-9-14-20/h5-7,10-11,17,19H,4,8-9,12-15H2,1-3H3. The summed E-state index contributed by atoms with van der Waals surface area (Å²) in [5.41, 5.74) is 1.66. The molecule has 2 heteroatoms. The van der Waals surface area contributed by atoms with E-state index in [0.29, 0.717) is 6.04 Å². The SMILES string of the molecule is CCCNC(Cc1ccccc1)C(C)(C)N1CCCC1. The zero-order valence-corrected chi connectivity index (χ0v) is 13.4. The van der Waals surface area contributed by atoms with E-state index in [-0.39, 0.29) is 5.54 Å². The third-order valence-electron chi connectivity index (χ3n) is 4.70. The van der Waals surface area contributed by atoms with Gasteiger partial charge in [-0.25, -0.2) is 0 Å². The number of nitrogens with zero attached hydrogens (tertiary/aromatic N) is 1. The summed E-state index contributed by atoms with van der Waals surface area (Å²) in [6, 6.07) is 11.4. The van der Waals surface area contributed by atoms with Crippen LogP contribution in [0.3, 0.4) is 0 Å². The lowest BCUT2D eigenvalue weighted by Gasteiger charge is -2.43. The third kappa shape index (κ3) is 3.83. The number of nitrogens with one attached hydrogen (secondary N) is 1. The molecule has 1 aromatic rings. The van der Waals surface area contributed by atoms with Gasteiger partial charge in [0.2, 0.25) is 0 Å². The molecule has 1 fully saturated rings. The van der Waals surface area contributed by atoms with Crippen LogP contribution in [0.15, 0.2) is 30.3 Å². The molecule has 0 saturated carbocycles. The Balaban J connectivity index is 2.09. The van der Waals surface area contributed by atoms with Gasteiger partial charge in [0.15, 0.2) is 0 Å². The van der Waals surface area contributed by atoms with Crippen molar-refractivity contribution in [2.75, 3.05) is 19.6 Å². The molecule has 0 spiro atoms. The van der Waals surface area contributed by atoms with E-state index in [9.17, 15) is 0 Å². The summed E-state index contributed by atoms with van der Waals surface area (Å²) in [6.45, 7) is 10.7. The molecule has 0 aromatic heterocycles. The number of hydrogen-bond donors (Lipinski definition) is 1. The molecule has 1 aromatic carbocycles. The van der Waals surface area contributed by atoms with E-state index >= 15 is 0 Å². The Kier molecular flexibility index (Phi) is 5.62. The summed E-state index contributed by atoms with van der Waals surface area (Å²) < 4.78 is 0. The van der Waals surface area contributed by atoms with E-state index in [1.54, 1.807) is 0 Å². The molecule has 112 valence electrons. The van der Waals surface area contributed by atoms with Crippen LogP contribution in [0.5, 0.6) is 0 Å². The van der Waals surface area contributed by atoms with Gasteiger partial charge in [-0.05, 0) is 64.7 Å². The van der Waals surface area contributed by atoms with Crippen LogP contribution in [0.2, 0.25) is 0 Å². The number of benzene rings is 1. The molecular formula is C18H30N2. The Morgan fingerprint density at radius 2 is 1.80 bits per heavy atom. The first kappa shape index (κ1) is 15.5. The van der Waals surface area contributed by atoms with Crippen LogP contribution in [0.4, 0.5) is 0 Å². The molecular weight excluding hydrogens is 244 g/mol. The smallest absolute Gasteiger partial charge is 0.0309 e. The molecule has 1 unspecified atom stereocenters. The van der Waals surface area contributed by atoms with Crippen LogP contribution < -0.4 is 5.32 Å². The van der Waals surface area contributed by atoms with Crippen molar-refractivity contribution < 1.29 is 0 Å². The molecule has 1 heterocycles. The van der Waals surface area contributed by atoms with Gasteiger partial charge in [-0.1, -0.05) is 37.3 Å². The second-order valence-corrected chi connectivity index (χ2v) is 6.54. The van der Waals surface area contributed by atoms with E-state index in [2.05, 4.69) is 61.3 Å². The molecule has 0 aliphatic carbocycles. The van der Waals surface area contributed by atoms with Gasteiger partial charge < -0.3 is 5.32 Å². The van der Waals surface area contributed by atoms with Crippen LogP contribution >= 0.6 is 0 Å². The number of likely N-dealkylation sites (tertiary alicyclic amines) is 1. The van der Waals surface area contributed by atoms with Gasteiger partial charge >= 0.3 is 0 Å². The Hall–Kier alpha value is -0.860. The van der Waals surface area contributed by atoms with Gasteiger partial charge in [0.1, 0.15) is 0 Å². The Bertz CT molecular complexity index is 380. The molecule has 1 aliphatic rings. The maximum Gasteiger partial charge on any atom is 0.0309 e. The summed E-state index contributed by atoms with van der Waals surface area (Å²) >= 11 is 0. The second kappa shape index (κ2) is 7.24. The van der Waals surface area contributed by atoms with Crippen molar-refractivity contribution in [1.29, 1.82) is 0 Å². The first-order valence-corrected chi connectivity index (χ1v) is 8.17. The molecule has 1 N–H and O–H groups in total. The average Bonchev–Trinajstić information content (AvgIpc) is 2.99. The quantitative estimate of drug-likeness (QED) is 0.819. The van der Waals surface area contributed by atoms with E-state index in [1.807, 2.05) is 0 Å². The maximum absolute atomic E-state index is 3.79. The molecule has 2 rings (SSSR count). The van der Waals surface area contributed by atoms with Crippen molar-refractivity contribution in [2.24, 2.45) is 0 Å². The fourth-order valence-electron chi connectivity index (χ4n) is 3.25. The Labute approximate surface area is 124 Å². The summed E-state index contributed by atoms with van der Waals surface area (Å²) in [5.74, 6) is 0. The van der Waals surface area contributed by atoms with Gasteiger partial charge in [0.05, 0.1) is 0 Å². The van der Waals surface area contributed by atoms with Crippen molar-refractivity contribution in [3.05, 3.63) is 35.9 Å². The third-order valence-corrected chi connectivity index (χ3v) is 4.70. The van der Waals surface area contributed by atoms with Crippen molar-refractivity contribution in [3.63, 3.8) is 0 Å². The van der Waals surface area contributed by atoms with Crippen molar-refractivity contribution in [1.82, 2.24) is 10.2 Å². The largest absolute Gasteiger partial charge is 0.312 e. The average molecular weight is 274 g/mol. The van der Waals surface area contributed by atoms with Gasteiger partial charge in [-0.15, -0.1) is 0 Å². The maximum atomic E-state index is 3.79. The van der Waals surface area contributed by atoms with E-state index < -0.39 is 0 Å². The normalized spacial score (nSPS) is 18.4. The highest BCUT2D eigenvalue weighted by Gasteiger charge is 2.36. The Morgan fingerprint density at radius 1 is 1.15 bits per heavy atom. The number of rotatable bonds is 7. The summed E-state index contributed by atoms with van der Waals surface area (Å²) in [5, 5.41) is 3.79. The molecule has 1 aliphatic heterocycles. The summed E-state index contributed by atoms with van der Waals surface area (Å²) in [6.07, 6.45) is 5.02. The highest BCUT2D eigenvalue weighted by atomic mass is 15.2. The fraction of sp³-hybridized carbons (Fsp3) is 0.667. The lowest BCUT2D eigenvalue weighted by molar-refractivity contribution is 0.106. The fourth-order valence-corrected chi connectivity index (χ4v) is 3.25. The Morgan fingerprint density at radius 3 is 2.40 bits per heavy atom. The van der Waals surface area contributed by atoms with Crippen LogP contribution in [0, 0.1) is 0 Å². The van der Waals surface area contributed by atoms with E-state index in [1.165, 1.54) is 37.9 Å². The predicted octanol–water partition coefficient (Wildman–Crippen LogP) is 3.47. The van der Waals surface area contributed by atoms with Gasteiger partial charge in [0, 0.05) is 11.6 Å². The highest BCUT2D eigenvalue weighted by molar-refractivity contribution is 5.17. The first-order valence-electron chi connectivity index (χ1n) is 8.17. The van der Waals surface area contributed by atoms with Gasteiger partial charge in [-0.2, -0.15) is 0 Å². The first-order chi connectivity index (χ1) is 9.64. The molecule has 0 bridgehead atoms. The lowest BCUT2D eigenvalue weighted by atomic mass is 9.87. The minimum Gasteiger partial charge on any atom is -0.312 e. The monoisotopic (exact) mass is 274 g/mol. The molecule has 1 saturated heterocycles. The van der Waals surface area contributed by atoms with Crippen molar-refractivity contribution in [2.45, 2.75) is 58.0 Å². The molecule has 0 amide bonds. The number of hydrogen-bond acceptors (Lipinski definition) is 2. The highest BCUT2D eigenvalue weighted by Crippen LogP contribution is 2.26. The minimum absolute atomic E-state index is 0.224. The van der Waals surface area contributed by atoms with Gasteiger partial charge in [-0.3, -0.25) is 4.90 Å². The van der Waals surface area contributed by atoms with Crippen LogP contribution in [-0.2, 0) is 6.42 Å². The summed E-state index contributed by atoms with van der Waals surface area (Å²) in [7, 11) is 0. The molecule has 20 heavy (non-hydrogen) atoms. The second-order valence-electron chi connectivity index (χ2n) is 6.54. The van der Waals surface area contributed by atoms with Crippen molar-refractivity contribution >= 4 is 0 Å². The topological polar surface area (TPSA) is 15.3 Å². The molecule has 1 atom stereocenters. The minimum atomic E-state index is 0.224. The van der Waals surface area contributed by atoms with E-state index in [0.717, 1.165) is 13.0 Å². The van der Waals surface area contributed by atoms with Crippen LogP contribution in [0.1, 0.15) is 45.6 Å². The molecule has 0 radical (unpaired) electrons. The predicted molar refractivity (Wildman–Crippen MR) is 87.1 cm³/mol. The van der Waals surface area contributed by atoms with Crippen molar-refractivity contribution in [3.8, 4) is 0 Å². The zero-order chi connectivity index (χ0) is 14.4. The summed E-state index contributed by atoms with van der Waals surface area (Å²) in [4.78, 5) is 2.67. The van der Waals surface area contributed by atoms with Gasteiger partial charge in [0.25, 0.3) is 0 Å². The lowest BCUT2D eigenvalue weighted by Crippen LogP contribution is -2.58. The van der Waals surface area contributed by atoms with Crippen LogP contribution in [-0.4, -0.2) is 36.1 Å². The van der Waals surface area contributed by atoms with Crippen LogP contribution in [0.25, 0.3) is 0 Å². The zero-order valence-electron chi connectivity index (χ0n) is 13.4.